The number of pyridine rings is 1. The largest absolute Gasteiger partial charge is 0.376 e. The molecule has 0 radical (unpaired) electrons. The molecule has 0 spiro atoms. The van der Waals surface area contributed by atoms with Crippen molar-refractivity contribution in [1.82, 2.24) is 4.98 Å². The quantitative estimate of drug-likeness (QED) is 0.833. The lowest BCUT2D eigenvalue weighted by atomic mass is 10.1. The molecule has 110 valence electrons. The molecule has 0 saturated carbocycles. The number of hydrogen-bond acceptors (Lipinski definition) is 3. The van der Waals surface area contributed by atoms with Crippen LogP contribution in [0.2, 0.25) is 5.15 Å². The number of benzene rings is 1. The second-order valence-corrected chi connectivity index (χ2v) is 5.32. The number of nitrogens with one attached hydrogen (secondary N) is 2. The van der Waals surface area contributed by atoms with E-state index in [9.17, 15) is 4.79 Å². The van der Waals surface area contributed by atoms with Gasteiger partial charge in [-0.1, -0.05) is 23.7 Å². The van der Waals surface area contributed by atoms with Crippen LogP contribution in [-0.2, 0) is 4.79 Å². The van der Waals surface area contributed by atoms with Crippen molar-refractivity contribution in [3.8, 4) is 0 Å². The average Bonchev–Trinajstić information content (AvgIpc) is 2.42. The fraction of sp³-hybridized carbons (Fsp3) is 0.250. The molecule has 1 heterocycles. The normalized spacial score (nSPS) is 11.8. The van der Waals surface area contributed by atoms with E-state index in [0.29, 0.717) is 5.15 Å². The fourth-order valence-corrected chi connectivity index (χ4v) is 2.35. The highest BCUT2D eigenvalue weighted by molar-refractivity contribution is 6.32. The lowest BCUT2D eigenvalue weighted by Gasteiger charge is -2.18. The van der Waals surface area contributed by atoms with Crippen LogP contribution in [0.4, 0.5) is 11.4 Å². The SMILES string of the molecule is CC(=O)Nc1cccc(C(C)Nc2c(C)ccnc2Cl)c1. The van der Waals surface area contributed by atoms with E-state index in [1.165, 1.54) is 6.92 Å². The fourth-order valence-electron chi connectivity index (χ4n) is 2.09. The molecule has 5 heteroatoms. The van der Waals surface area contributed by atoms with E-state index in [-0.39, 0.29) is 11.9 Å². The van der Waals surface area contributed by atoms with Crippen molar-refractivity contribution in [2.24, 2.45) is 0 Å². The van der Waals surface area contributed by atoms with Crippen molar-refractivity contribution in [1.29, 1.82) is 0 Å². The van der Waals surface area contributed by atoms with Crippen molar-refractivity contribution in [3.63, 3.8) is 0 Å². The molecular weight excluding hydrogens is 286 g/mol. The standard InChI is InChI=1S/C16H18ClN3O/c1-10-7-8-18-16(17)15(10)19-11(2)13-5-4-6-14(9-13)20-12(3)21/h4-9,11,19H,1-3H3,(H,20,21). The Morgan fingerprint density at radius 2 is 2.10 bits per heavy atom. The number of aryl methyl sites for hydroxylation is 1. The summed E-state index contributed by atoms with van der Waals surface area (Å²) in [7, 11) is 0. The Morgan fingerprint density at radius 1 is 1.33 bits per heavy atom. The molecule has 1 unspecified atom stereocenters. The summed E-state index contributed by atoms with van der Waals surface area (Å²) in [6, 6.07) is 9.67. The van der Waals surface area contributed by atoms with Crippen molar-refractivity contribution in [2.45, 2.75) is 26.8 Å². The van der Waals surface area contributed by atoms with Gasteiger partial charge >= 0.3 is 0 Å². The van der Waals surface area contributed by atoms with Crippen molar-refractivity contribution in [3.05, 3.63) is 52.8 Å². The van der Waals surface area contributed by atoms with Crippen molar-refractivity contribution >= 4 is 28.9 Å². The monoisotopic (exact) mass is 303 g/mol. The first-order chi connectivity index (χ1) is 9.97. The zero-order chi connectivity index (χ0) is 15.4. The minimum absolute atomic E-state index is 0.0408. The molecule has 0 saturated heterocycles. The number of rotatable bonds is 4. The van der Waals surface area contributed by atoms with Crippen LogP contribution in [0.5, 0.6) is 0 Å². The van der Waals surface area contributed by atoms with E-state index in [0.717, 1.165) is 22.5 Å². The smallest absolute Gasteiger partial charge is 0.221 e. The third-order valence-electron chi connectivity index (χ3n) is 3.18. The predicted octanol–water partition coefficient (Wildman–Crippen LogP) is 4.17. The highest BCUT2D eigenvalue weighted by atomic mass is 35.5. The molecule has 1 amide bonds. The third-order valence-corrected chi connectivity index (χ3v) is 3.47. The zero-order valence-electron chi connectivity index (χ0n) is 12.3. The minimum Gasteiger partial charge on any atom is -0.376 e. The lowest BCUT2D eigenvalue weighted by Crippen LogP contribution is -2.10. The number of hydrogen-bond donors (Lipinski definition) is 2. The Morgan fingerprint density at radius 3 is 2.76 bits per heavy atom. The number of nitrogens with zero attached hydrogens (tertiary/aromatic N) is 1. The van der Waals surface area contributed by atoms with Gasteiger partial charge in [0.2, 0.25) is 5.91 Å². The van der Waals surface area contributed by atoms with Crippen LogP contribution in [0.15, 0.2) is 36.5 Å². The van der Waals surface area contributed by atoms with Crippen molar-refractivity contribution < 1.29 is 4.79 Å². The number of anilines is 2. The number of carbonyl (C=O) groups is 1. The highest BCUT2D eigenvalue weighted by Crippen LogP contribution is 2.28. The molecule has 0 fully saturated rings. The van der Waals surface area contributed by atoms with Crippen LogP contribution in [-0.4, -0.2) is 10.9 Å². The summed E-state index contributed by atoms with van der Waals surface area (Å²) < 4.78 is 0. The van der Waals surface area contributed by atoms with E-state index in [1.54, 1.807) is 6.20 Å². The molecule has 0 aliphatic heterocycles. The van der Waals surface area contributed by atoms with Gasteiger partial charge in [0.25, 0.3) is 0 Å². The summed E-state index contributed by atoms with van der Waals surface area (Å²) in [5, 5.41) is 6.61. The van der Waals surface area contributed by atoms with Gasteiger partial charge in [-0.25, -0.2) is 4.98 Å². The first-order valence-corrected chi connectivity index (χ1v) is 7.10. The van der Waals surface area contributed by atoms with Gasteiger partial charge in [-0.15, -0.1) is 0 Å². The van der Waals surface area contributed by atoms with Gasteiger partial charge in [-0.2, -0.15) is 0 Å². The Hall–Kier alpha value is -2.07. The second-order valence-electron chi connectivity index (χ2n) is 4.97. The first kappa shape index (κ1) is 15.3. The average molecular weight is 304 g/mol. The van der Waals surface area contributed by atoms with Gasteiger partial charge in [0.05, 0.1) is 5.69 Å². The summed E-state index contributed by atoms with van der Waals surface area (Å²) >= 11 is 6.13. The summed E-state index contributed by atoms with van der Waals surface area (Å²) in [6.07, 6.45) is 1.69. The van der Waals surface area contributed by atoms with E-state index in [1.807, 2.05) is 44.2 Å². The molecule has 1 atom stereocenters. The van der Waals surface area contributed by atoms with Crippen LogP contribution in [0.1, 0.15) is 31.0 Å². The molecule has 0 aliphatic carbocycles. The van der Waals surface area contributed by atoms with E-state index in [4.69, 9.17) is 11.6 Å². The third kappa shape index (κ3) is 3.95. The number of amides is 1. The number of aromatic nitrogens is 1. The molecule has 1 aromatic heterocycles. The maximum absolute atomic E-state index is 11.1. The number of halogens is 1. The Kier molecular flexibility index (Phi) is 4.81. The van der Waals surface area contributed by atoms with E-state index in [2.05, 4.69) is 15.6 Å². The summed E-state index contributed by atoms with van der Waals surface area (Å²) in [5.41, 5.74) is 3.71. The molecule has 0 bridgehead atoms. The topological polar surface area (TPSA) is 54.0 Å². The maximum Gasteiger partial charge on any atom is 0.221 e. The van der Waals surface area contributed by atoms with Crippen molar-refractivity contribution in [2.75, 3.05) is 10.6 Å². The Balaban J connectivity index is 2.20. The molecule has 2 aromatic rings. The van der Waals surface area contributed by atoms with Crippen LogP contribution in [0, 0.1) is 6.92 Å². The minimum atomic E-state index is -0.0843. The summed E-state index contributed by atoms with van der Waals surface area (Å²) in [6.45, 7) is 5.51. The van der Waals surface area contributed by atoms with Gasteiger partial charge in [-0.05, 0) is 43.2 Å². The molecular formula is C16H18ClN3O. The van der Waals surface area contributed by atoms with Gasteiger partial charge in [0.15, 0.2) is 5.15 Å². The molecule has 2 rings (SSSR count). The van der Waals surface area contributed by atoms with Crippen LogP contribution in [0.25, 0.3) is 0 Å². The molecule has 1 aromatic carbocycles. The van der Waals surface area contributed by atoms with Gasteiger partial charge in [0, 0.05) is 24.8 Å². The molecule has 4 nitrogen and oxygen atoms in total. The Bertz CT molecular complexity index is 637. The number of carbonyl (C=O) groups excluding carboxylic acids is 1. The zero-order valence-corrected chi connectivity index (χ0v) is 13.0. The van der Waals surface area contributed by atoms with E-state index < -0.39 is 0 Å². The van der Waals surface area contributed by atoms with E-state index >= 15 is 0 Å². The van der Waals surface area contributed by atoms with Crippen LogP contribution >= 0.6 is 11.6 Å². The maximum atomic E-state index is 11.1. The van der Waals surface area contributed by atoms with Gasteiger partial charge in [-0.3, -0.25) is 4.79 Å². The van der Waals surface area contributed by atoms with Gasteiger partial charge < -0.3 is 10.6 Å². The summed E-state index contributed by atoms with van der Waals surface area (Å²) in [5.74, 6) is -0.0843. The Labute approximate surface area is 129 Å². The first-order valence-electron chi connectivity index (χ1n) is 6.72. The van der Waals surface area contributed by atoms with Gasteiger partial charge in [0.1, 0.15) is 0 Å². The van der Waals surface area contributed by atoms with Crippen LogP contribution < -0.4 is 10.6 Å². The molecule has 21 heavy (non-hydrogen) atoms. The van der Waals surface area contributed by atoms with Crippen LogP contribution in [0.3, 0.4) is 0 Å². The predicted molar refractivity (Wildman–Crippen MR) is 86.8 cm³/mol. The molecule has 0 aliphatic rings. The molecule has 2 N–H and O–H groups in total. The summed E-state index contributed by atoms with van der Waals surface area (Å²) in [4.78, 5) is 15.2. The second kappa shape index (κ2) is 6.59. The lowest BCUT2D eigenvalue weighted by molar-refractivity contribution is -0.114. The highest BCUT2D eigenvalue weighted by Gasteiger charge is 2.11.